The second kappa shape index (κ2) is 6.10. The van der Waals surface area contributed by atoms with E-state index < -0.39 is 17.8 Å². The molecular formula is C15H16F3N3OS. The Labute approximate surface area is 135 Å². The summed E-state index contributed by atoms with van der Waals surface area (Å²) in [6.45, 7) is 0.922. The molecule has 1 fully saturated rings. The van der Waals surface area contributed by atoms with Crippen molar-refractivity contribution in [3.8, 4) is 0 Å². The first-order chi connectivity index (χ1) is 10.8. The molecule has 1 aromatic heterocycles. The van der Waals surface area contributed by atoms with Gasteiger partial charge in [-0.2, -0.15) is 13.2 Å². The molecule has 0 saturated carbocycles. The number of nitrogens with two attached hydrogens (primary N) is 1. The number of rotatable bonds is 3. The third kappa shape index (κ3) is 3.65. The van der Waals surface area contributed by atoms with E-state index in [4.69, 9.17) is 5.73 Å². The predicted octanol–water partition coefficient (Wildman–Crippen LogP) is 3.05. The Morgan fingerprint density at radius 3 is 2.83 bits per heavy atom. The van der Waals surface area contributed by atoms with E-state index in [9.17, 15) is 18.3 Å². The lowest BCUT2D eigenvalue weighted by molar-refractivity contribution is -0.137. The number of benzene rings is 1. The van der Waals surface area contributed by atoms with Crippen molar-refractivity contribution in [1.29, 1.82) is 0 Å². The summed E-state index contributed by atoms with van der Waals surface area (Å²) in [5, 5.41) is 10.4. The molecule has 2 aromatic rings. The van der Waals surface area contributed by atoms with Crippen LogP contribution in [0.5, 0.6) is 0 Å². The number of β-amino-alcohol motifs (C(OH)–C–C–N with tert-alkyl or cyclic N) is 1. The highest BCUT2D eigenvalue weighted by Gasteiger charge is 2.35. The highest BCUT2D eigenvalue weighted by molar-refractivity contribution is 7.15. The van der Waals surface area contributed by atoms with Crippen LogP contribution >= 0.6 is 11.3 Å². The van der Waals surface area contributed by atoms with Crippen molar-refractivity contribution >= 4 is 16.5 Å². The molecule has 0 bridgehead atoms. The van der Waals surface area contributed by atoms with Gasteiger partial charge in [-0.3, -0.25) is 4.90 Å². The van der Waals surface area contributed by atoms with E-state index in [2.05, 4.69) is 4.98 Å². The van der Waals surface area contributed by atoms with Gasteiger partial charge in [-0.1, -0.05) is 12.1 Å². The van der Waals surface area contributed by atoms with Crippen molar-refractivity contribution in [3.63, 3.8) is 0 Å². The average Bonchev–Trinajstić information content (AvgIpc) is 3.04. The van der Waals surface area contributed by atoms with Gasteiger partial charge in [0, 0.05) is 30.2 Å². The second-order valence-corrected chi connectivity index (χ2v) is 6.77. The Balaban J connectivity index is 1.84. The van der Waals surface area contributed by atoms with Gasteiger partial charge >= 0.3 is 6.18 Å². The maximum atomic E-state index is 12.9. The van der Waals surface area contributed by atoms with Gasteiger partial charge in [-0.25, -0.2) is 4.98 Å². The van der Waals surface area contributed by atoms with Crippen molar-refractivity contribution in [3.05, 3.63) is 46.5 Å². The lowest BCUT2D eigenvalue weighted by Crippen LogP contribution is -2.24. The molecule has 124 valence electrons. The molecule has 1 aromatic carbocycles. The van der Waals surface area contributed by atoms with Gasteiger partial charge in [-0.15, -0.1) is 11.3 Å². The molecule has 1 aliphatic rings. The first-order valence-corrected chi connectivity index (χ1v) is 7.94. The van der Waals surface area contributed by atoms with E-state index >= 15 is 0 Å². The summed E-state index contributed by atoms with van der Waals surface area (Å²) in [5.74, 6) is 0. The van der Waals surface area contributed by atoms with Crippen LogP contribution in [0.4, 0.5) is 18.3 Å². The van der Waals surface area contributed by atoms with E-state index in [1.54, 1.807) is 12.3 Å². The summed E-state index contributed by atoms with van der Waals surface area (Å²) < 4.78 is 38.7. The molecule has 2 atom stereocenters. The molecule has 4 nitrogen and oxygen atoms in total. The first kappa shape index (κ1) is 16.2. The summed E-state index contributed by atoms with van der Waals surface area (Å²) in [6.07, 6.45) is -2.85. The second-order valence-electron chi connectivity index (χ2n) is 5.62. The Morgan fingerprint density at radius 2 is 2.17 bits per heavy atom. The zero-order valence-electron chi connectivity index (χ0n) is 12.1. The van der Waals surface area contributed by atoms with Crippen LogP contribution in [0.3, 0.4) is 0 Å². The number of hydrogen-bond acceptors (Lipinski definition) is 5. The maximum Gasteiger partial charge on any atom is 0.416 e. The van der Waals surface area contributed by atoms with Crippen molar-refractivity contribution in [2.24, 2.45) is 0 Å². The minimum atomic E-state index is -4.37. The largest absolute Gasteiger partial charge is 0.416 e. The molecule has 1 saturated heterocycles. The summed E-state index contributed by atoms with van der Waals surface area (Å²) >= 11 is 1.34. The van der Waals surface area contributed by atoms with Gasteiger partial charge in [-0.05, 0) is 24.1 Å². The Morgan fingerprint density at radius 1 is 1.39 bits per heavy atom. The lowest BCUT2D eigenvalue weighted by atomic mass is 10.0. The lowest BCUT2D eigenvalue weighted by Gasteiger charge is -2.24. The molecule has 0 spiro atoms. The molecule has 2 unspecified atom stereocenters. The standard InChI is InChI=1S/C15H16F3N3OS/c16-15(17,18)10-3-1-2-9(4-10)13-5-11(22)7-21(13)8-12-6-20-14(19)23-12/h1-4,6,11,13,22H,5,7-8H2,(H2,19,20). The first-order valence-electron chi connectivity index (χ1n) is 7.12. The van der Waals surface area contributed by atoms with Crippen LogP contribution in [-0.4, -0.2) is 27.6 Å². The quantitative estimate of drug-likeness (QED) is 0.899. The van der Waals surface area contributed by atoms with Crippen molar-refractivity contribution in [2.75, 3.05) is 12.3 Å². The van der Waals surface area contributed by atoms with Gasteiger partial charge in [0.25, 0.3) is 0 Å². The van der Waals surface area contributed by atoms with Crippen LogP contribution in [0.25, 0.3) is 0 Å². The zero-order valence-corrected chi connectivity index (χ0v) is 12.9. The van der Waals surface area contributed by atoms with Gasteiger partial charge in [0.05, 0.1) is 11.7 Å². The van der Waals surface area contributed by atoms with Crippen LogP contribution in [0.1, 0.15) is 28.5 Å². The molecular weight excluding hydrogens is 327 g/mol. The molecule has 1 aliphatic heterocycles. The summed E-state index contributed by atoms with van der Waals surface area (Å²) in [6, 6.07) is 5.05. The highest BCUT2D eigenvalue weighted by atomic mass is 32.1. The fourth-order valence-corrected chi connectivity index (χ4v) is 3.63. The summed E-state index contributed by atoms with van der Waals surface area (Å²) in [4.78, 5) is 6.87. The molecule has 3 rings (SSSR count). The average molecular weight is 343 g/mol. The van der Waals surface area contributed by atoms with Crippen LogP contribution in [0.2, 0.25) is 0 Å². The van der Waals surface area contributed by atoms with E-state index in [-0.39, 0.29) is 6.04 Å². The summed E-state index contributed by atoms with van der Waals surface area (Å²) in [5.41, 5.74) is 5.50. The van der Waals surface area contributed by atoms with Crippen molar-refractivity contribution in [1.82, 2.24) is 9.88 Å². The molecule has 23 heavy (non-hydrogen) atoms. The maximum absolute atomic E-state index is 12.9. The summed E-state index contributed by atoms with van der Waals surface area (Å²) in [7, 11) is 0. The molecule has 0 aliphatic carbocycles. The van der Waals surface area contributed by atoms with Crippen molar-refractivity contribution < 1.29 is 18.3 Å². The third-order valence-corrected chi connectivity index (χ3v) is 4.72. The molecule has 0 radical (unpaired) electrons. The normalized spacial score (nSPS) is 22.6. The smallest absolute Gasteiger partial charge is 0.392 e. The van der Waals surface area contributed by atoms with Gasteiger partial charge in [0.2, 0.25) is 0 Å². The molecule has 8 heteroatoms. The fourth-order valence-electron chi connectivity index (χ4n) is 2.92. The third-order valence-electron chi connectivity index (χ3n) is 3.91. The highest BCUT2D eigenvalue weighted by Crippen LogP contribution is 2.37. The Hall–Kier alpha value is -1.64. The minimum Gasteiger partial charge on any atom is -0.392 e. The predicted molar refractivity (Wildman–Crippen MR) is 81.7 cm³/mol. The monoisotopic (exact) mass is 343 g/mol. The van der Waals surface area contributed by atoms with Crippen LogP contribution < -0.4 is 5.73 Å². The van der Waals surface area contributed by atoms with Crippen LogP contribution in [-0.2, 0) is 12.7 Å². The van der Waals surface area contributed by atoms with Gasteiger partial charge in [0.1, 0.15) is 0 Å². The topological polar surface area (TPSA) is 62.4 Å². The Kier molecular flexibility index (Phi) is 4.31. The van der Waals surface area contributed by atoms with Crippen LogP contribution in [0.15, 0.2) is 30.5 Å². The minimum absolute atomic E-state index is 0.254. The molecule has 3 N–H and O–H groups in total. The molecule has 0 amide bonds. The number of likely N-dealkylation sites (tertiary alicyclic amines) is 1. The molecule has 2 heterocycles. The van der Waals surface area contributed by atoms with Gasteiger partial charge in [0.15, 0.2) is 5.13 Å². The number of thiazole rings is 1. The fraction of sp³-hybridized carbons (Fsp3) is 0.400. The number of nitrogens with zero attached hydrogens (tertiary/aromatic N) is 2. The number of hydrogen-bond donors (Lipinski definition) is 2. The van der Waals surface area contributed by atoms with E-state index in [1.165, 1.54) is 17.4 Å². The van der Waals surface area contributed by atoms with E-state index in [0.717, 1.165) is 17.0 Å². The SMILES string of the molecule is Nc1ncc(CN2CC(O)CC2c2cccc(C(F)(F)F)c2)s1. The van der Waals surface area contributed by atoms with E-state index in [0.29, 0.717) is 30.2 Å². The number of aromatic nitrogens is 1. The zero-order chi connectivity index (χ0) is 16.6. The Bertz CT molecular complexity index is 689. The number of aliphatic hydroxyl groups is 1. The van der Waals surface area contributed by atoms with Crippen molar-refractivity contribution in [2.45, 2.75) is 31.3 Å². The number of halogens is 3. The van der Waals surface area contributed by atoms with Gasteiger partial charge < -0.3 is 10.8 Å². The number of aliphatic hydroxyl groups excluding tert-OH is 1. The number of anilines is 1. The van der Waals surface area contributed by atoms with Crippen LogP contribution in [0, 0.1) is 0 Å². The van der Waals surface area contributed by atoms with E-state index in [1.807, 2.05) is 4.90 Å². The number of nitrogen functional groups attached to an aromatic ring is 1. The number of alkyl halides is 3.